The van der Waals surface area contributed by atoms with Gasteiger partial charge in [0, 0.05) is 11.6 Å². The van der Waals surface area contributed by atoms with Crippen molar-refractivity contribution in [2.24, 2.45) is 11.1 Å². The van der Waals surface area contributed by atoms with Crippen LogP contribution in [0.5, 0.6) is 0 Å². The van der Waals surface area contributed by atoms with E-state index in [9.17, 15) is 9.90 Å². The normalized spacial score (nSPS) is 13.5. The first-order chi connectivity index (χ1) is 8.43. The van der Waals surface area contributed by atoms with Crippen LogP contribution in [0.15, 0.2) is 36.5 Å². The number of pyridine rings is 1. The highest BCUT2D eigenvalue weighted by Crippen LogP contribution is 2.33. The fourth-order valence-corrected chi connectivity index (χ4v) is 1.80. The summed E-state index contributed by atoms with van der Waals surface area (Å²) in [6.45, 7) is 3.26. The van der Waals surface area contributed by atoms with E-state index in [2.05, 4.69) is 4.98 Å². The highest BCUT2D eigenvalue weighted by Gasteiger charge is 2.34. The van der Waals surface area contributed by atoms with Crippen LogP contribution >= 0.6 is 0 Å². The van der Waals surface area contributed by atoms with Crippen LogP contribution in [0, 0.1) is 5.41 Å². The Bertz CT molecular complexity index is 593. The average Bonchev–Trinajstić information content (AvgIpc) is 2.37. The number of nitrogens with zero attached hydrogens (tertiary/aromatic N) is 1. The van der Waals surface area contributed by atoms with E-state index >= 15 is 0 Å². The second-order valence-electron chi connectivity index (χ2n) is 4.94. The molecule has 4 heteroatoms. The number of aromatic nitrogens is 1. The van der Waals surface area contributed by atoms with Gasteiger partial charge in [-0.15, -0.1) is 0 Å². The maximum Gasteiger partial charge on any atom is 0.226 e. The molecule has 18 heavy (non-hydrogen) atoms. The van der Waals surface area contributed by atoms with E-state index in [1.807, 2.05) is 18.2 Å². The smallest absolute Gasteiger partial charge is 0.226 e. The molecule has 4 nitrogen and oxygen atoms in total. The lowest BCUT2D eigenvalue weighted by molar-refractivity contribution is -0.132. The standard InChI is InChI=1S/C14H16N2O2/c1-14(2,13(15)18)12(17)10-6-5-9-4-3-7-16-11(9)8-10/h3-8,12,17H,1-2H3,(H2,15,18). The molecule has 1 unspecified atom stereocenters. The predicted molar refractivity (Wildman–Crippen MR) is 69.7 cm³/mol. The van der Waals surface area contributed by atoms with Gasteiger partial charge in [-0.25, -0.2) is 0 Å². The molecule has 0 fully saturated rings. The minimum atomic E-state index is -1.01. The summed E-state index contributed by atoms with van der Waals surface area (Å²) in [5, 5.41) is 11.2. The Balaban J connectivity index is 2.45. The van der Waals surface area contributed by atoms with Crippen molar-refractivity contribution in [3.8, 4) is 0 Å². The maximum absolute atomic E-state index is 11.3. The lowest BCUT2D eigenvalue weighted by Crippen LogP contribution is -2.37. The number of nitrogens with two attached hydrogens (primary N) is 1. The van der Waals surface area contributed by atoms with Crippen LogP contribution in [0.4, 0.5) is 0 Å². The van der Waals surface area contributed by atoms with E-state index in [0.29, 0.717) is 5.56 Å². The van der Waals surface area contributed by atoms with Gasteiger partial charge in [0.05, 0.1) is 17.0 Å². The average molecular weight is 244 g/mol. The lowest BCUT2D eigenvalue weighted by Gasteiger charge is -2.27. The number of primary amides is 1. The van der Waals surface area contributed by atoms with Gasteiger partial charge in [0.1, 0.15) is 0 Å². The SMILES string of the molecule is CC(C)(C(N)=O)C(O)c1ccc2cccnc2c1. The van der Waals surface area contributed by atoms with E-state index in [1.165, 1.54) is 0 Å². The van der Waals surface area contributed by atoms with Gasteiger partial charge in [0.2, 0.25) is 5.91 Å². The number of carbonyl (C=O) groups is 1. The third kappa shape index (κ3) is 2.07. The molecule has 2 rings (SSSR count). The van der Waals surface area contributed by atoms with E-state index in [1.54, 1.807) is 32.2 Å². The van der Waals surface area contributed by atoms with E-state index in [-0.39, 0.29) is 0 Å². The van der Waals surface area contributed by atoms with Crippen molar-refractivity contribution in [1.82, 2.24) is 4.98 Å². The molecule has 0 aliphatic heterocycles. The Hall–Kier alpha value is -1.94. The van der Waals surface area contributed by atoms with Crippen molar-refractivity contribution >= 4 is 16.8 Å². The Labute approximate surface area is 105 Å². The number of benzene rings is 1. The maximum atomic E-state index is 11.3. The summed E-state index contributed by atoms with van der Waals surface area (Å²) in [5.41, 5.74) is 5.73. The van der Waals surface area contributed by atoms with Gasteiger partial charge in [-0.1, -0.05) is 18.2 Å². The monoisotopic (exact) mass is 244 g/mol. The van der Waals surface area contributed by atoms with E-state index in [0.717, 1.165) is 10.9 Å². The first-order valence-corrected chi connectivity index (χ1v) is 5.75. The zero-order valence-corrected chi connectivity index (χ0v) is 10.4. The highest BCUT2D eigenvalue weighted by molar-refractivity contribution is 5.82. The molecule has 0 aliphatic carbocycles. The molecular formula is C14H16N2O2. The topological polar surface area (TPSA) is 76.2 Å². The van der Waals surface area contributed by atoms with Crippen LogP contribution in [0.1, 0.15) is 25.5 Å². The summed E-state index contributed by atoms with van der Waals surface area (Å²) in [6, 6.07) is 9.24. The zero-order valence-electron chi connectivity index (χ0n) is 10.4. The van der Waals surface area contributed by atoms with Crippen molar-refractivity contribution in [3.63, 3.8) is 0 Å². The van der Waals surface area contributed by atoms with Crippen molar-refractivity contribution in [1.29, 1.82) is 0 Å². The summed E-state index contributed by atoms with van der Waals surface area (Å²) in [4.78, 5) is 15.6. The minimum absolute atomic E-state index is 0.531. The van der Waals surface area contributed by atoms with Crippen LogP contribution < -0.4 is 5.73 Å². The summed E-state index contributed by atoms with van der Waals surface area (Å²) in [6.07, 6.45) is 0.749. The first-order valence-electron chi connectivity index (χ1n) is 5.75. The van der Waals surface area contributed by atoms with Gasteiger partial charge >= 0.3 is 0 Å². The number of aliphatic hydroxyl groups is 1. The first kappa shape index (κ1) is 12.5. The molecule has 1 atom stereocenters. The fraction of sp³-hybridized carbons (Fsp3) is 0.286. The van der Waals surface area contributed by atoms with Crippen molar-refractivity contribution in [3.05, 3.63) is 42.1 Å². The van der Waals surface area contributed by atoms with Crippen molar-refractivity contribution in [2.45, 2.75) is 20.0 Å². The van der Waals surface area contributed by atoms with Gasteiger partial charge in [0.15, 0.2) is 0 Å². The van der Waals surface area contributed by atoms with Gasteiger partial charge in [-0.3, -0.25) is 9.78 Å². The van der Waals surface area contributed by atoms with Crippen LogP contribution in [0.2, 0.25) is 0 Å². The second kappa shape index (κ2) is 4.38. The van der Waals surface area contributed by atoms with Gasteiger partial charge < -0.3 is 10.8 Å². The van der Waals surface area contributed by atoms with Crippen LogP contribution in [-0.2, 0) is 4.79 Å². The molecule has 94 valence electrons. The van der Waals surface area contributed by atoms with Gasteiger partial charge in [-0.05, 0) is 31.5 Å². The molecule has 1 aromatic heterocycles. The number of hydrogen-bond donors (Lipinski definition) is 2. The molecule has 0 radical (unpaired) electrons. The summed E-state index contributed by atoms with van der Waals surface area (Å²) in [7, 11) is 0. The largest absolute Gasteiger partial charge is 0.387 e. The molecular weight excluding hydrogens is 228 g/mol. The number of hydrogen-bond acceptors (Lipinski definition) is 3. The molecule has 0 bridgehead atoms. The third-order valence-corrected chi connectivity index (χ3v) is 3.26. The van der Waals surface area contributed by atoms with Gasteiger partial charge in [0.25, 0.3) is 0 Å². The van der Waals surface area contributed by atoms with E-state index < -0.39 is 17.4 Å². The summed E-state index contributed by atoms with van der Waals surface area (Å²) in [5.74, 6) is -0.531. The number of rotatable bonds is 3. The van der Waals surface area contributed by atoms with Crippen molar-refractivity contribution in [2.75, 3.05) is 0 Å². The highest BCUT2D eigenvalue weighted by atomic mass is 16.3. The van der Waals surface area contributed by atoms with Gasteiger partial charge in [-0.2, -0.15) is 0 Å². The molecule has 0 aliphatic rings. The van der Waals surface area contributed by atoms with Crippen LogP contribution in [-0.4, -0.2) is 16.0 Å². The quantitative estimate of drug-likeness (QED) is 0.864. The Morgan fingerprint density at radius 1 is 1.39 bits per heavy atom. The molecule has 0 spiro atoms. The van der Waals surface area contributed by atoms with Crippen LogP contribution in [0.3, 0.4) is 0 Å². The fourth-order valence-electron chi connectivity index (χ4n) is 1.80. The molecule has 1 aromatic carbocycles. The van der Waals surface area contributed by atoms with E-state index in [4.69, 9.17) is 5.73 Å². The molecule has 3 N–H and O–H groups in total. The number of carbonyl (C=O) groups excluding carboxylic acids is 1. The Morgan fingerprint density at radius 3 is 2.78 bits per heavy atom. The number of aliphatic hydroxyl groups excluding tert-OH is 1. The zero-order chi connectivity index (χ0) is 13.3. The number of amides is 1. The van der Waals surface area contributed by atoms with Crippen LogP contribution in [0.25, 0.3) is 10.9 Å². The predicted octanol–water partition coefficient (Wildman–Crippen LogP) is 1.78. The third-order valence-electron chi connectivity index (χ3n) is 3.26. The minimum Gasteiger partial charge on any atom is -0.387 e. The summed E-state index contributed by atoms with van der Waals surface area (Å²) < 4.78 is 0. The Kier molecular flexibility index (Phi) is 3.05. The second-order valence-corrected chi connectivity index (χ2v) is 4.94. The molecule has 1 heterocycles. The molecule has 2 aromatic rings. The molecule has 0 saturated carbocycles. The Morgan fingerprint density at radius 2 is 2.11 bits per heavy atom. The lowest BCUT2D eigenvalue weighted by atomic mass is 9.82. The number of fused-ring (bicyclic) bond motifs is 1. The molecule has 1 amide bonds. The summed E-state index contributed by atoms with van der Waals surface area (Å²) >= 11 is 0. The van der Waals surface area contributed by atoms with Crippen molar-refractivity contribution < 1.29 is 9.90 Å². The molecule has 0 saturated heterocycles.